The molecule has 1 amide bonds. The summed E-state index contributed by atoms with van der Waals surface area (Å²) in [5, 5.41) is 24.9. The molecule has 5 rings (SSSR count). The number of halogens is 1. The van der Waals surface area contributed by atoms with Crippen molar-refractivity contribution in [3.05, 3.63) is 126 Å². The Hall–Kier alpha value is -4.49. The smallest absolute Gasteiger partial charge is 0.255 e. The third-order valence-electron chi connectivity index (χ3n) is 9.42. The van der Waals surface area contributed by atoms with Crippen LogP contribution in [0.4, 0.5) is 4.39 Å². The largest absolute Gasteiger partial charge is 0.507 e. The summed E-state index contributed by atoms with van der Waals surface area (Å²) in [6.07, 6.45) is 9.14. The number of phenolic OH excluding ortho intramolecular Hbond substituents is 1. The van der Waals surface area contributed by atoms with Crippen LogP contribution in [-0.4, -0.2) is 34.0 Å². The molecular weight excluding hydrogens is 605 g/mol. The van der Waals surface area contributed by atoms with Gasteiger partial charge in [0.2, 0.25) is 0 Å². The van der Waals surface area contributed by atoms with Crippen LogP contribution in [0.15, 0.2) is 103 Å². The standard InChI is InChI=1S/C41H46FNO5/c42-33-22-23-36(39(45)28-33)41(47)43-37(24-30-14-6-2-7-15-30)40(46)26-31(17-10-16-29-12-4-1-5-13-29)25-38(44)32-18-11-21-35(27-32)48-34-19-8-3-9-20-34/h2-3,6-9,11,14-15,18-23,27-29,31,37,40,45-46H,1,4-5,10,12-13,16-17,24-26H2,(H,43,47)/t31-,37+,40+/m1/s1. The molecule has 1 aliphatic carbocycles. The zero-order valence-corrected chi connectivity index (χ0v) is 27.4. The molecule has 1 aliphatic rings. The third kappa shape index (κ3) is 10.5. The maximum atomic E-state index is 13.7. The molecule has 0 aromatic heterocycles. The molecule has 6 nitrogen and oxygen atoms in total. The Labute approximate surface area is 283 Å². The Morgan fingerprint density at radius 1 is 0.854 bits per heavy atom. The van der Waals surface area contributed by atoms with Crippen molar-refractivity contribution in [2.75, 3.05) is 0 Å². The Morgan fingerprint density at radius 3 is 2.29 bits per heavy atom. The Balaban J connectivity index is 1.32. The number of aromatic hydroxyl groups is 1. The van der Waals surface area contributed by atoms with E-state index in [1.165, 1.54) is 38.2 Å². The van der Waals surface area contributed by atoms with Crippen LogP contribution >= 0.6 is 0 Å². The van der Waals surface area contributed by atoms with Crippen molar-refractivity contribution in [3.63, 3.8) is 0 Å². The van der Waals surface area contributed by atoms with Gasteiger partial charge in [-0.05, 0) is 73.1 Å². The first kappa shape index (κ1) is 34.8. The molecule has 3 N–H and O–H groups in total. The second-order valence-electron chi connectivity index (χ2n) is 13.1. The number of aliphatic hydroxyl groups excluding tert-OH is 1. The maximum absolute atomic E-state index is 13.7. The number of aliphatic hydroxyl groups is 1. The second-order valence-corrected chi connectivity index (χ2v) is 13.1. The molecule has 1 saturated carbocycles. The lowest BCUT2D eigenvalue weighted by Gasteiger charge is -2.28. The number of phenols is 1. The molecule has 3 atom stereocenters. The lowest BCUT2D eigenvalue weighted by Crippen LogP contribution is -2.45. The van der Waals surface area contributed by atoms with Crippen molar-refractivity contribution < 1.29 is 28.9 Å². The van der Waals surface area contributed by atoms with Gasteiger partial charge in [0.05, 0.1) is 17.7 Å². The minimum absolute atomic E-state index is 0.0248. The van der Waals surface area contributed by atoms with Crippen LogP contribution in [0.2, 0.25) is 0 Å². The van der Waals surface area contributed by atoms with Gasteiger partial charge in [-0.1, -0.05) is 106 Å². The number of nitrogens with one attached hydrogen (secondary N) is 1. The van der Waals surface area contributed by atoms with Crippen molar-refractivity contribution in [2.24, 2.45) is 11.8 Å². The van der Waals surface area contributed by atoms with Crippen LogP contribution in [-0.2, 0) is 6.42 Å². The first-order valence-corrected chi connectivity index (χ1v) is 17.2. The van der Waals surface area contributed by atoms with Crippen LogP contribution in [0.1, 0.15) is 90.5 Å². The SMILES string of the molecule is O=C(C[C@@H](CCCC1CCCCC1)C[C@H](O)[C@H](Cc1ccccc1)NC(=O)c1ccc(F)cc1O)c1cccc(Oc2ccccc2)c1. The fraction of sp³-hybridized carbons (Fsp3) is 0.366. The van der Waals surface area contributed by atoms with E-state index in [2.05, 4.69) is 5.32 Å². The second kappa shape index (κ2) is 17.6. The van der Waals surface area contributed by atoms with Crippen molar-refractivity contribution in [2.45, 2.75) is 82.8 Å². The number of carbonyl (C=O) groups excluding carboxylic acids is 2. The lowest BCUT2D eigenvalue weighted by atomic mass is 9.82. The molecule has 0 unspecified atom stereocenters. The van der Waals surface area contributed by atoms with Gasteiger partial charge in [-0.15, -0.1) is 0 Å². The van der Waals surface area contributed by atoms with Crippen molar-refractivity contribution in [1.82, 2.24) is 5.32 Å². The number of rotatable bonds is 16. The molecule has 252 valence electrons. The highest BCUT2D eigenvalue weighted by Crippen LogP contribution is 2.31. The quantitative estimate of drug-likeness (QED) is 0.105. The number of amides is 1. The summed E-state index contributed by atoms with van der Waals surface area (Å²) in [7, 11) is 0. The van der Waals surface area contributed by atoms with Crippen molar-refractivity contribution in [1.29, 1.82) is 0 Å². The summed E-state index contributed by atoms with van der Waals surface area (Å²) in [6, 6.07) is 28.7. The van der Waals surface area contributed by atoms with Gasteiger partial charge in [0.15, 0.2) is 5.78 Å². The minimum Gasteiger partial charge on any atom is -0.507 e. The van der Waals surface area contributed by atoms with E-state index in [1.807, 2.05) is 72.8 Å². The summed E-state index contributed by atoms with van der Waals surface area (Å²) in [5.74, 6) is 0.107. The summed E-state index contributed by atoms with van der Waals surface area (Å²) in [6.45, 7) is 0. The van der Waals surface area contributed by atoms with Gasteiger partial charge in [0.25, 0.3) is 5.91 Å². The molecule has 0 bridgehead atoms. The molecule has 0 aliphatic heterocycles. The normalized spacial score (nSPS) is 15.3. The third-order valence-corrected chi connectivity index (χ3v) is 9.42. The molecular formula is C41H46FNO5. The van der Waals surface area contributed by atoms with Gasteiger partial charge in [-0.2, -0.15) is 0 Å². The van der Waals surface area contributed by atoms with E-state index in [0.717, 1.165) is 37.0 Å². The topological polar surface area (TPSA) is 95.9 Å². The number of hydrogen-bond donors (Lipinski definition) is 3. The van der Waals surface area contributed by atoms with E-state index in [-0.39, 0.29) is 23.7 Å². The number of ketones is 1. The van der Waals surface area contributed by atoms with Gasteiger partial charge in [-0.3, -0.25) is 9.59 Å². The molecule has 7 heteroatoms. The van der Waals surface area contributed by atoms with Crippen LogP contribution in [0.5, 0.6) is 17.2 Å². The first-order chi connectivity index (χ1) is 23.3. The van der Waals surface area contributed by atoms with Gasteiger partial charge in [0, 0.05) is 18.1 Å². The van der Waals surface area contributed by atoms with Crippen LogP contribution in [0.25, 0.3) is 0 Å². The summed E-state index contributed by atoms with van der Waals surface area (Å²) >= 11 is 0. The van der Waals surface area contributed by atoms with Crippen molar-refractivity contribution in [3.8, 4) is 17.2 Å². The van der Waals surface area contributed by atoms with E-state index in [4.69, 9.17) is 4.74 Å². The number of ether oxygens (including phenoxy) is 1. The average molecular weight is 652 g/mol. The van der Waals surface area contributed by atoms with Crippen molar-refractivity contribution >= 4 is 11.7 Å². The first-order valence-electron chi connectivity index (χ1n) is 17.2. The summed E-state index contributed by atoms with van der Waals surface area (Å²) in [5.41, 5.74) is 1.40. The van der Waals surface area contributed by atoms with E-state index < -0.39 is 29.6 Å². The lowest BCUT2D eigenvalue weighted by molar-refractivity contribution is 0.0719. The van der Waals surface area contributed by atoms with E-state index in [9.17, 15) is 24.2 Å². The highest BCUT2D eigenvalue weighted by atomic mass is 19.1. The van der Waals surface area contributed by atoms with Gasteiger partial charge < -0.3 is 20.3 Å². The molecule has 1 fully saturated rings. The zero-order chi connectivity index (χ0) is 33.7. The van der Waals surface area contributed by atoms with E-state index in [1.54, 1.807) is 12.1 Å². The number of benzene rings is 4. The number of carbonyl (C=O) groups is 2. The zero-order valence-electron chi connectivity index (χ0n) is 27.4. The Kier molecular flexibility index (Phi) is 12.8. The minimum atomic E-state index is -0.975. The highest BCUT2D eigenvalue weighted by Gasteiger charge is 2.28. The highest BCUT2D eigenvalue weighted by molar-refractivity contribution is 5.97. The number of para-hydroxylation sites is 1. The number of hydrogen-bond acceptors (Lipinski definition) is 5. The van der Waals surface area contributed by atoms with Crippen LogP contribution in [0.3, 0.4) is 0 Å². The predicted molar refractivity (Wildman–Crippen MR) is 186 cm³/mol. The molecule has 0 radical (unpaired) electrons. The number of Topliss-reactive ketones (excluding diaryl/α,β-unsaturated/α-hetero) is 1. The van der Waals surface area contributed by atoms with E-state index >= 15 is 0 Å². The average Bonchev–Trinajstić information content (AvgIpc) is 3.09. The molecule has 48 heavy (non-hydrogen) atoms. The molecule has 0 heterocycles. The maximum Gasteiger partial charge on any atom is 0.255 e. The van der Waals surface area contributed by atoms with Crippen LogP contribution in [0, 0.1) is 17.7 Å². The predicted octanol–water partition coefficient (Wildman–Crippen LogP) is 9.06. The van der Waals surface area contributed by atoms with Gasteiger partial charge >= 0.3 is 0 Å². The Bertz CT molecular complexity index is 1610. The van der Waals surface area contributed by atoms with Gasteiger partial charge in [-0.25, -0.2) is 4.39 Å². The molecule has 0 saturated heterocycles. The molecule has 4 aromatic rings. The fourth-order valence-corrected chi connectivity index (χ4v) is 6.81. The summed E-state index contributed by atoms with van der Waals surface area (Å²) in [4.78, 5) is 27.0. The Morgan fingerprint density at radius 2 is 1.56 bits per heavy atom. The monoisotopic (exact) mass is 651 g/mol. The van der Waals surface area contributed by atoms with Gasteiger partial charge in [0.1, 0.15) is 23.1 Å². The molecule has 0 spiro atoms. The van der Waals surface area contributed by atoms with E-state index in [0.29, 0.717) is 35.8 Å². The van der Waals surface area contributed by atoms with Crippen LogP contribution < -0.4 is 10.1 Å². The summed E-state index contributed by atoms with van der Waals surface area (Å²) < 4.78 is 19.6. The molecule has 4 aromatic carbocycles. The fourth-order valence-electron chi connectivity index (χ4n) is 6.81.